The van der Waals surface area contributed by atoms with E-state index in [9.17, 15) is 4.79 Å². The van der Waals surface area contributed by atoms with E-state index in [2.05, 4.69) is 0 Å². The van der Waals surface area contributed by atoms with Gasteiger partial charge in [-0.05, 0) is 30.0 Å². The van der Waals surface area contributed by atoms with Crippen LogP contribution in [0, 0.1) is 23.2 Å². The predicted molar refractivity (Wildman–Crippen MR) is 67.1 cm³/mol. The first-order chi connectivity index (χ1) is 8.04. The van der Waals surface area contributed by atoms with Crippen LogP contribution < -0.4 is 0 Å². The minimum atomic E-state index is -0.769. The van der Waals surface area contributed by atoms with E-state index in [1.165, 1.54) is 0 Å². The first kappa shape index (κ1) is 12.4. The van der Waals surface area contributed by atoms with Crippen molar-refractivity contribution in [3.8, 4) is 6.07 Å². The fraction of sp³-hybridized carbons (Fsp3) is 0.385. The summed E-state index contributed by atoms with van der Waals surface area (Å²) in [4.78, 5) is 12.1. The van der Waals surface area contributed by atoms with E-state index in [0.29, 0.717) is 21.5 Å². The first-order valence-electron chi connectivity index (χ1n) is 5.43. The second-order valence-electron chi connectivity index (χ2n) is 4.45. The molecule has 3 unspecified atom stereocenters. The molecule has 0 N–H and O–H groups in total. The molecule has 1 aromatic rings. The number of benzene rings is 1. The molecule has 17 heavy (non-hydrogen) atoms. The predicted octanol–water partition coefficient (Wildman–Crippen LogP) is 3.83. The van der Waals surface area contributed by atoms with Gasteiger partial charge in [0.05, 0.1) is 6.07 Å². The van der Waals surface area contributed by atoms with Crippen LogP contribution in [0.2, 0.25) is 10.0 Å². The van der Waals surface area contributed by atoms with Crippen molar-refractivity contribution in [2.45, 2.75) is 19.3 Å². The quantitative estimate of drug-likeness (QED) is 0.835. The molecule has 4 heteroatoms. The highest BCUT2D eigenvalue weighted by molar-refractivity contribution is 6.35. The monoisotopic (exact) mass is 267 g/mol. The second-order valence-corrected chi connectivity index (χ2v) is 5.29. The summed E-state index contributed by atoms with van der Waals surface area (Å²) in [6.07, 6.45) is 0.877. The van der Waals surface area contributed by atoms with E-state index in [4.69, 9.17) is 28.5 Å². The molecule has 1 fully saturated rings. The molecule has 0 spiro atoms. The summed E-state index contributed by atoms with van der Waals surface area (Å²) in [6.45, 7) is 2.01. The SMILES string of the molecule is CC1CC1C(=O)C(C#N)c1ccc(Cl)cc1Cl. The lowest BCUT2D eigenvalue weighted by molar-refractivity contribution is -0.120. The van der Waals surface area contributed by atoms with Crippen molar-refractivity contribution in [3.63, 3.8) is 0 Å². The van der Waals surface area contributed by atoms with Crippen LogP contribution in [0.5, 0.6) is 0 Å². The number of rotatable bonds is 3. The van der Waals surface area contributed by atoms with Crippen molar-refractivity contribution < 1.29 is 4.79 Å². The maximum absolute atomic E-state index is 12.1. The number of hydrogen-bond donors (Lipinski definition) is 0. The number of hydrogen-bond acceptors (Lipinski definition) is 2. The van der Waals surface area contributed by atoms with Crippen molar-refractivity contribution in [2.75, 3.05) is 0 Å². The van der Waals surface area contributed by atoms with Crippen LogP contribution in [0.1, 0.15) is 24.8 Å². The topological polar surface area (TPSA) is 40.9 Å². The molecule has 0 bridgehead atoms. The van der Waals surface area contributed by atoms with Crippen LogP contribution in [0.4, 0.5) is 0 Å². The number of ketones is 1. The van der Waals surface area contributed by atoms with E-state index >= 15 is 0 Å². The van der Waals surface area contributed by atoms with Crippen molar-refractivity contribution in [2.24, 2.45) is 11.8 Å². The summed E-state index contributed by atoms with van der Waals surface area (Å²) < 4.78 is 0. The van der Waals surface area contributed by atoms with Gasteiger partial charge in [0.2, 0.25) is 0 Å². The largest absolute Gasteiger partial charge is 0.298 e. The third-order valence-corrected chi connectivity index (χ3v) is 3.72. The fourth-order valence-electron chi connectivity index (χ4n) is 1.95. The number of Topliss-reactive ketones (excluding diaryl/α,β-unsaturated/α-hetero) is 1. The van der Waals surface area contributed by atoms with Crippen LogP contribution in [0.3, 0.4) is 0 Å². The van der Waals surface area contributed by atoms with E-state index in [-0.39, 0.29) is 11.7 Å². The molecule has 0 heterocycles. The van der Waals surface area contributed by atoms with Crippen molar-refractivity contribution >= 4 is 29.0 Å². The minimum absolute atomic E-state index is 0.0198. The van der Waals surface area contributed by atoms with Crippen molar-refractivity contribution in [1.29, 1.82) is 5.26 Å². The van der Waals surface area contributed by atoms with Crippen LogP contribution in [0.25, 0.3) is 0 Å². The Hall–Kier alpha value is -1.04. The van der Waals surface area contributed by atoms with Gasteiger partial charge < -0.3 is 0 Å². The van der Waals surface area contributed by atoms with Gasteiger partial charge in [-0.25, -0.2) is 0 Å². The van der Waals surface area contributed by atoms with Gasteiger partial charge in [-0.15, -0.1) is 0 Å². The normalized spacial score (nSPS) is 23.9. The Balaban J connectivity index is 2.30. The molecule has 0 saturated heterocycles. The Bertz CT molecular complexity index is 507. The van der Waals surface area contributed by atoms with Gasteiger partial charge in [0.1, 0.15) is 5.92 Å². The molecule has 0 aromatic heterocycles. The van der Waals surface area contributed by atoms with E-state index in [1.54, 1.807) is 18.2 Å². The summed E-state index contributed by atoms with van der Waals surface area (Å²) >= 11 is 11.8. The average molecular weight is 268 g/mol. The molecule has 1 aliphatic rings. The van der Waals surface area contributed by atoms with Gasteiger partial charge in [-0.3, -0.25) is 4.79 Å². The Morgan fingerprint density at radius 3 is 2.65 bits per heavy atom. The Kier molecular flexibility index (Phi) is 3.42. The first-order valence-corrected chi connectivity index (χ1v) is 6.18. The minimum Gasteiger partial charge on any atom is -0.298 e. The molecule has 0 radical (unpaired) electrons. The molecule has 1 saturated carbocycles. The molecule has 3 atom stereocenters. The second kappa shape index (κ2) is 4.68. The zero-order valence-corrected chi connectivity index (χ0v) is 10.8. The molecule has 0 aliphatic heterocycles. The summed E-state index contributed by atoms with van der Waals surface area (Å²) in [5, 5.41) is 10.0. The maximum Gasteiger partial charge on any atom is 0.157 e. The summed E-state index contributed by atoms with van der Waals surface area (Å²) in [5.41, 5.74) is 0.558. The zero-order valence-electron chi connectivity index (χ0n) is 9.28. The highest BCUT2D eigenvalue weighted by atomic mass is 35.5. The standard InChI is InChI=1S/C13H11Cl2NO/c1-7-4-10(7)13(17)11(6-16)9-3-2-8(14)5-12(9)15/h2-3,5,7,10-11H,4H2,1H3. The maximum atomic E-state index is 12.1. The Morgan fingerprint density at radius 1 is 1.53 bits per heavy atom. The van der Waals surface area contributed by atoms with Gasteiger partial charge in [0, 0.05) is 16.0 Å². The summed E-state index contributed by atoms with van der Waals surface area (Å²) in [6, 6.07) is 6.91. The lowest BCUT2D eigenvalue weighted by Crippen LogP contribution is -2.14. The number of nitrogens with zero attached hydrogens (tertiary/aromatic N) is 1. The third-order valence-electron chi connectivity index (χ3n) is 3.16. The fourth-order valence-corrected chi connectivity index (χ4v) is 2.47. The summed E-state index contributed by atoms with van der Waals surface area (Å²) in [7, 11) is 0. The van der Waals surface area contributed by atoms with Gasteiger partial charge >= 0.3 is 0 Å². The average Bonchev–Trinajstić information content (AvgIpc) is 2.99. The number of nitriles is 1. The van der Waals surface area contributed by atoms with Crippen molar-refractivity contribution in [1.82, 2.24) is 0 Å². The van der Waals surface area contributed by atoms with Crippen LogP contribution >= 0.6 is 23.2 Å². The van der Waals surface area contributed by atoms with E-state index in [0.717, 1.165) is 6.42 Å². The molecule has 0 amide bonds. The summed E-state index contributed by atoms with van der Waals surface area (Å²) in [5.74, 6) is -0.380. The van der Waals surface area contributed by atoms with E-state index in [1.807, 2.05) is 13.0 Å². The van der Waals surface area contributed by atoms with E-state index < -0.39 is 5.92 Å². The Morgan fingerprint density at radius 2 is 2.18 bits per heavy atom. The van der Waals surface area contributed by atoms with Gasteiger partial charge in [-0.2, -0.15) is 5.26 Å². The smallest absolute Gasteiger partial charge is 0.157 e. The molecule has 1 aliphatic carbocycles. The molecule has 2 nitrogen and oxygen atoms in total. The van der Waals surface area contributed by atoms with Gasteiger partial charge in [0.25, 0.3) is 0 Å². The highest BCUT2D eigenvalue weighted by Crippen LogP contribution is 2.42. The van der Waals surface area contributed by atoms with Gasteiger partial charge in [-0.1, -0.05) is 36.2 Å². The molecule has 2 rings (SSSR count). The molecular weight excluding hydrogens is 257 g/mol. The molecule has 1 aromatic carbocycles. The number of carbonyl (C=O) groups excluding carboxylic acids is 1. The molecular formula is C13H11Cl2NO. The number of carbonyl (C=O) groups is 1. The van der Waals surface area contributed by atoms with Crippen molar-refractivity contribution in [3.05, 3.63) is 33.8 Å². The lowest BCUT2D eigenvalue weighted by Gasteiger charge is -2.10. The molecule has 88 valence electrons. The van der Waals surface area contributed by atoms with Crippen LogP contribution in [-0.2, 0) is 4.79 Å². The number of halogens is 2. The third kappa shape index (κ3) is 2.46. The van der Waals surface area contributed by atoms with Crippen LogP contribution in [-0.4, -0.2) is 5.78 Å². The lowest BCUT2D eigenvalue weighted by atomic mass is 9.93. The van der Waals surface area contributed by atoms with Crippen LogP contribution in [0.15, 0.2) is 18.2 Å². The van der Waals surface area contributed by atoms with Gasteiger partial charge in [0.15, 0.2) is 5.78 Å². The zero-order chi connectivity index (χ0) is 12.6. The highest BCUT2D eigenvalue weighted by Gasteiger charge is 2.42. The Labute approximate surface area is 110 Å².